The van der Waals surface area contributed by atoms with Crippen LogP contribution in [0.2, 0.25) is 0 Å². The molecule has 2 aromatic rings. The van der Waals surface area contributed by atoms with Gasteiger partial charge in [0.25, 0.3) is 0 Å². The second-order valence-electron chi connectivity index (χ2n) is 4.81. The molecule has 0 aromatic carbocycles. The summed E-state index contributed by atoms with van der Waals surface area (Å²) in [5.41, 5.74) is 0.751. The summed E-state index contributed by atoms with van der Waals surface area (Å²) < 4.78 is 10.9. The van der Waals surface area contributed by atoms with Gasteiger partial charge in [-0.25, -0.2) is 0 Å². The van der Waals surface area contributed by atoms with Crippen molar-refractivity contribution in [1.82, 2.24) is 5.32 Å². The molecule has 100 valence electrons. The first-order valence-electron chi connectivity index (χ1n) is 6.33. The summed E-state index contributed by atoms with van der Waals surface area (Å²) in [7, 11) is 0. The van der Waals surface area contributed by atoms with Gasteiger partial charge >= 0.3 is 0 Å². The molecule has 2 N–H and O–H groups in total. The Kier molecular flexibility index (Phi) is 3.13. The van der Waals surface area contributed by atoms with Gasteiger partial charge in [0.15, 0.2) is 0 Å². The van der Waals surface area contributed by atoms with Gasteiger partial charge in [0.1, 0.15) is 11.5 Å². The Hall–Kier alpha value is -2.01. The Labute approximate surface area is 110 Å². The molecule has 5 heteroatoms. The third-order valence-electron chi connectivity index (χ3n) is 3.68. The van der Waals surface area contributed by atoms with Crippen molar-refractivity contribution < 1.29 is 14.0 Å². The van der Waals surface area contributed by atoms with E-state index in [1.807, 2.05) is 31.2 Å². The second kappa shape index (κ2) is 4.93. The van der Waals surface area contributed by atoms with Gasteiger partial charge in [-0.1, -0.05) is 12.1 Å². The van der Waals surface area contributed by atoms with Gasteiger partial charge in [-0.2, -0.15) is 0 Å². The number of hydrogen-bond acceptors (Lipinski definition) is 5. The Bertz CT molecular complexity index is 545. The molecule has 0 spiro atoms. The molecule has 1 saturated heterocycles. The molecule has 0 saturated carbocycles. The predicted octanol–water partition coefficient (Wildman–Crippen LogP) is 3.11. The van der Waals surface area contributed by atoms with Crippen LogP contribution in [0.25, 0.3) is 0 Å². The van der Waals surface area contributed by atoms with Crippen molar-refractivity contribution in [3.8, 4) is 0 Å². The molecule has 1 fully saturated rings. The summed E-state index contributed by atoms with van der Waals surface area (Å²) in [6, 6.07) is 7.52. The first-order chi connectivity index (χ1) is 9.29. The summed E-state index contributed by atoms with van der Waals surface area (Å²) in [6.07, 6.45) is 3.92. The monoisotopic (exact) mass is 260 g/mol. The fourth-order valence-electron chi connectivity index (χ4n) is 2.61. The Morgan fingerprint density at radius 3 is 2.47 bits per heavy atom. The van der Waals surface area contributed by atoms with Crippen LogP contribution in [0.5, 0.6) is 0 Å². The average Bonchev–Trinajstić information content (AvgIpc) is 3.12. The quantitative estimate of drug-likeness (QED) is 0.643. The zero-order chi connectivity index (χ0) is 13.2. The molecular weight excluding hydrogens is 244 g/mol. The van der Waals surface area contributed by atoms with E-state index in [0.29, 0.717) is 6.42 Å². The van der Waals surface area contributed by atoms with Crippen molar-refractivity contribution in [3.63, 3.8) is 0 Å². The summed E-state index contributed by atoms with van der Waals surface area (Å²) in [5, 5.41) is 16.1. The van der Waals surface area contributed by atoms with Crippen LogP contribution in [0.4, 0.5) is 0 Å². The number of oxime groups is 1. The van der Waals surface area contributed by atoms with E-state index in [9.17, 15) is 5.21 Å². The lowest BCUT2D eigenvalue weighted by Crippen LogP contribution is -2.41. The number of nitrogens with one attached hydrogen (secondary N) is 1. The molecule has 3 atom stereocenters. The SMILES string of the molecule is C[C@@H]1/C(=N\O)C[C@@H](c2ccco2)N[C@@H]1c1ccco1. The molecule has 0 aliphatic carbocycles. The molecular formula is C14H16N2O3. The zero-order valence-corrected chi connectivity index (χ0v) is 10.6. The lowest BCUT2D eigenvalue weighted by Gasteiger charge is -2.34. The van der Waals surface area contributed by atoms with Crippen LogP contribution >= 0.6 is 0 Å². The number of rotatable bonds is 2. The van der Waals surface area contributed by atoms with Crippen LogP contribution in [-0.2, 0) is 0 Å². The number of piperidine rings is 1. The topological polar surface area (TPSA) is 70.9 Å². The molecule has 1 aliphatic heterocycles. The molecule has 0 radical (unpaired) electrons. The Morgan fingerprint density at radius 1 is 1.21 bits per heavy atom. The molecule has 0 amide bonds. The van der Waals surface area contributed by atoms with Crippen LogP contribution in [0.15, 0.2) is 50.8 Å². The minimum atomic E-state index is -0.0234. The fourth-order valence-corrected chi connectivity index (χ4v) is 2.61. The molecule has 0 bridgehead atoms. The number of hydrogen-bond donors (Lipinski definition) is 2. The van der Waals surface area contributed by atoms with Gasteiger partial charge in [0, 0.05) is 12.3 Å². The van der Waals surface area contributed by atoms with E-state index in [0.717, 1.165) is 17.2 Å². The van der Waals surface area contributed by atoms with Crippen LogP contribution in [0, 0.1) is 5.92 Å². The Morgan fingerprint density at radius 2 is 1.89 bits per heavy atom. The lowest BCUT2D eigenvalue weighted by atomic mass is 9.85. The van der Waals surface area contributed by atoms with E-state index < -0.39 is 0 Å². The van der Waals surface area contributed by atoms with Crippen LogP contribution in [-0.4, -0.2) is 10.9 Å². The van der Waals surface area contributed by atoms with Crippen molar-refractivity contribution in [3.05, 3.63) is 48.3 Å². The molecule has 2 aromatic heterocycles. The molecule has 3 rings (SSSR count). The number of nitrogens with zero attached hydrogens (tertiary/aromatic N) is 1. The molecule has 19 heavy (non-hydrogen) atoms. The van der Waals surface area contributed by atoms with Gasteiger partial charge in [-0.3, -0.25) is 5.32 Å². The van der Waals surface area contributed by atoms with Crippen LogP contribution in [0.1, 0.15) is 36.9 Å². The first-order valence-corrected chi connectivity index (χ1v) is 6.33. The summed E-state index contributed by atoms with van der Waals surface area (Å²) in [4.78, 5) is 0. The Balaban J connectivity index is 1.91. The summed E-state index contributed by atoms with van der Waals surface area (Å²) >= 11 is 0. The van der Waals surface area contributed by atoms with Crippen molar-refractivity contribution in [2.24, 2.45) is 11.1 Å². The van der Waals surface area contributed by atoms with Gasteiger partial charge in [0.2, 0.25) is 0 Å². The van der Waals surface area contributed by atoms with E-state index >= 15 is 0 Å². The number of furan rings is 2. The maximum atomic E-state index is 9.19. The first kappa shape index (κ1) is 12.0. The highest BCUT2D eigenvalue weighted by molar-refractivity contribution is 5.88. The largest absolute Gasteiger partial charge is 0.468 e. The highest BCUT2D eigenvalue weighted by Crippen LogP contribution is 2.35. The van der Waals surface area contributed by atoms with Gasteiger partial charge in [0.05, 0.1) is 30.3 Å². The third kappa shape index (κ3) is 2.17. The highest BCUT2D eigenvalue weighted by atomic mass is 16.4. The van der Waals surface area contributed by atoms with E-state index in [1.165, 1.54) is 0 Å². The lowest BCUT2D eigenvalue weighted by molar-refractivity contribution is 0.267. The predicted molar refractivity (Wildman–Crippen MR) is 69.0 cm³/mol. The minimum Gasteiger partial charge on any atom is -0.468 e. The fraction of sp³-hybridized carbons (Fsp3) is 0.357. The van der Waals surface area contributed by atoms with Gasteiger partial charge in [-0.15, -0.1) is 0 Å². The van der Waals surface area contributed by atoms with Crippen molar-refractivity contribution in [1.29, 1.82) is 0 Å². The maximum absolute atomic E-state index is 9.19. The van der Waals surface area contributed by atoms with E-state index in [4.69, 9.17) is 8.83 Å². The van der Waals surface area contributed by atoms with Gasteiger partial charge < -0.3 is 14.0 Å². The van der Waals surface area contributed by atoms with Gasteiger partial charge in [-0.05, 0) is 24.3 Å². The molecule has 5 nitrogen and oxygen atoms in total. The van der Waals surface area contributed by atoms with Crippen molar-refractivity contribution in [2.45, 2.75) is 25.4 Å². The van der Waals surface area contributed by atoms with Crippen LogP contribution in [0.3, 0.4) is 0 Å². The summed E-state index contributed by atoms with van der Waals surface area (Å²) in [5.74, 6) is 1.75. The van der Waals surface area contributed by atoms with Crippen LogP contribution < -0.4 is 5.32 Å². The average molecular weight is 260 g/mol. The molecule has 1 aliphatic rings. The standard InChI is InChI=1S/C14H16N2O3/c1-9-10(16-17)8-11(12-4-2-6-18-12)15-14(9)13-5-3-7-19-13/h2-7,9,11,14-15,17H,8H2,1H3/b16-10-/t9-,11+,14+/m1/s1. The summed E-state index contributed by atoms with van der Waals surface area (Å²) in [6.45, 7) is 2.02. The molecule has 0 unspecified atom stereocenters. The minimum absolute atomic E-state index is 0.00722. The van der Waals surface area contributed by atoms with Crippen molar-refractivity contribution in [2.75, 3.05) is 0 Å². The van der Waals surface area contributed by atoms with Crippen molar-refractivity contribution >= 4 is 5.71 Å². The van der Waals surface area contributed by atoms with E-state index in [-0.39, 0.29) is 18.0 Å². The highest BCUT2D eigenvalue weighted by Gasteiger charge is 2.36. The molecule has 3 heterocycles. The van der Waals surface area contributed by atoms with E-state index in [2.05, 4.69) is 10.5 Å². The smallest absolute Gasteiger partial charge is 0.121 e. The second-order valence-corrected chi connectivity index (χ2v) is 4.81. The zero-order valence-electron chi connectivity index (χ0n) is 10.6. The van der Waals surface area contributed by atoms with E-state index in [1.54, 1.807) is 12.5 Å². The third-order valence-corrected chi connectivity index (χ3v) is 3.68. The maximum Gasteiger partial charge on any atom is 0.121 e. The normalized spacial score (nSPS) is 29.7.